The molecule has 2 unspecified atom stereocenters. The molecule has 0 aromatic rings. The lowest BCUT2D eigenvalue weighted by Gasteiger charge is -2.22. The van der Waals surface area contributed by atoms with Crippen LogP contribution in [0.25, 0.3) is 0 Å². The molecule has 0 saturated carbocycles. The van der Waals surface area contributed by atoms with E-state index in [0.717, 1.165) is 18.4 Å². The number of nitrogens with zero attached hydrogens (tertiary/aromatic N) is 1. The van der Waals surface area contributed by atoms with E-state index in [4.69, 9.17) is 5.73 Å². The van der Waals surface area contributed by atoms with Crippen molar-refractivity contribution < 1.29 is 0 Å². The van der Waals surface area contributed by atoms with Crippen LogP contribution in [0.15, 0.2) is 0 Å². The SMILES string of the molecule is CCC(CN)CCN1CCCC(C)CC1. The summed E-state index contributed by atoms with van der Waals surface area (Å²) in [5, 5.41) is 0. The first-order chi connectivity index (χ1) is 7.26. The van der Waals surface area contributed by atoms with Gasteiger partial charge in [-0.25, -0.2) is 0 Å². The Morgan fingerprint density at radius 1 is 1.33 bits per heavy atom. The third-order valence-corrected chi connectivity index (χ3v) is 3.87. The molecule has 15 heavy (non-hydrogen) atoms. The molecule has 1 saturated heterocycles. The molecule has 2 atom stereocenters. The number of nitrogens with two attached hydrogens (primary N) is 1. The highest BCUT2D eigenvalue weighted by molar-refractivity contribution is 4.69. The Morgan fingerprint density at radius 3 is 2.80 bits per heavy atom. The highest BCUT2D eigenvalue weighted by atomic mass is 15.1. The van der Waals surface area contributed by atoms with Crippen molar-refractivity contribution >= 4 is 0 Å². The van der Waals surface area contributed by atoms with Crippen LogP contribution in [0.2, 0.25) is 0 Å². The van der Waals surface area contributed by atoms with E-state index in [1.807, 2.05) is 0 Å². The summed E-state index contributed by atoms with van der Waals surface area (Å²) in [6, 6.07) is 0. The van der Waals surface area contributed by atoms with E-state index in [1.54, 1.807) is 0 Å². The molecule has 0 spiro atoms. The summed E-state index contributed by atoms with van der Waals surface area (Å²) in [7, 11) is 0. The minimum Gasteiger partial charge on any atom is -0.330 e. The molecule has 1 rings (SSSR count). The normalized spacial score (nSPS) is 26.2. The molecule has 2 nitrogen and oxygen atoms in total. The van der Waals surface area contributed by atoms with Gasteiger partial charge in [-0.2, -0.15) is 0 Å². The second kappa shape index (κ2) is 7.24. The van der Waals surface area contributed by atoms with Gasteiger partial charge in [0.15, 0.2) is 0 Å². The summed E-state index contributed by atoms with van der Waals surface area (Å²) < 4.78 is 0. The van der Waals surface area contributed by atoms with E-state index in [-0.39, 0.29) is 0 Å². The van der Waals surface area contributed by atoms with Crippen molar-refractivity contribution in [1.29, 1.82) is 0 Å². The topological polar surface area (TPSA) is 29.3 Å². The van der Waals surface area contributed by atoms with Crippen LogP contribution in [-0.2, 0) is 0 Å². The summed E-state index contributed by atoms with van der Waals surface area (Å²) in [4.78, 5) is 2.64. The zero-order chi connectivity index (χ0) is 11.1. The molecular weight excluding hydrogens is 184 g/mol. The first-order valence-electron chi connectivity index (χ1n) is 6.68. The van der Waals surface area contributed by atoms with Crippen molar-refractivity contribution in [3.05, 3.63) is 0 Å². The molecule has 1 aliphatic heterocycles. The first-order valence-corrected chi connectivity index (χ1v) is 6.68. The van der Waals surface area contributed by atoms with Crippen LogP contribution < -0.4 is 5.73 Å². The van der Waals surface area contributed by atoms with Gasteiger partial charge in [-0.05, 0) is 63.7 Å². The average Bonchev–Trinajstić information content (AvgIpc) is 2.45. The van der Waals surface area contributed by atoms with Gasteiger partial charge in [0, 0.05) is 0 Å². The predicted octanol–water partition coefficient (Wildman–Crippen LogP) is 2.48. The van der Waals surface area contributed by atoms with Crippen LogP contribution in [0.4, 0.5) is 0 Å². The van der Waals surface area contributed by atoms with Gasteiger partial charge in [-0.1, -0.05) is 20.3 Å². The minimum absolute atomic E-state index is 0.741. The highest BCUT2D eigenvalue weighted by Crippen LogP contribution is 2.17. The van der Waals surface area contributed by atoms with E-state index in [2.05, 4.69) is 18.7 Å². The van der Waals surface area contributed by atoms with Crippen LogP contribution in [0, 0.1) is 11.8 Å². The quantitative estimate of drug-likeness (QED) is 0.758. The molecule has 0 aromatic heterocycles. The number of hydrogen-bond acceptors (Lipinski definition) is 2. The zero-order valence-electron chi connectivity index (χ0n) is 10.5. The van der Waals surface area contributed by atoms with Crippen LogP contribution in [-0.4, -0.2) is 31.1 Å². The van der Waals surface area contributed by atoms with Crippen molar-refractivity contribution in [2.75, 3.05) is 26.2 Å². The number of hydrogen-bond donors (Lipinski definition) is 1. The average molecular weight is 212 g/mol. The largest absolute Gasteiger partial charge is 0.330 e. The van der Waals surface area contributed by atoms with Crippen LogP contribution in [0.5, 0.6) is 0 Å². The lowest BCUT2D eigenvalue weighted by molar-refractivity contribution is 0.257. The van der Waals surface area contributed by atoms with Crippen molar-refractivity contribution in [1.82, 2.24) is 4.90 Å². The molecule has 0 bridgehead atoms. The third-order valence-electron chi connectivity index (χ3n) is 3.87. The molecule has 0 amide bonds. The second-order valence-corrected chi connectivity index (χ2v) is 5.18. The van der Waals surface area contributed by atoms with Gasteiger partial charge in [0.2, 0.25) is 0 Å². The highest BCUT2D eigenvalue weighted by Gasteiger charge is 2.14. The van der Waals surface area contributed by atoms with E-state index in [9.17, 15) is 0 Å². The number of rotatable bonds is 5. The lowest BCUT2D eigenvalue weighted by atomic mass is 10.0. The van der Waals surface area contributed by atoms with E-state index < -0.39 is 0 Å². The molecule has 90 valence electrons. The standard InChI is InChI=1S/C13H28N2/c1-3-13(11-14)7-10-15-8-4-5-12(2)6-9-15/h12-13H,3-11,14H2,1-2H3. The van der Waals surface area contributed by atoms with Crippen molar-refractivity contribution in [3.63, 3.8) is 0 Å². The van der Waals surface area contributed by atoms with Gasteiger partial charge in [0.1, 0.15) is 0 Å². The van der Waals surface area contributed by atoms with Gasteiger partial charge >= 0.3 is 0 Å². The van der Waals surface area contributed by atoms with Crippen molar-refractivity contribution in [3.8, 4) is 0 Å². The van der Waals surface area contributed by atoms with Crippen molar-refractivity contribution in [2.24, 2.45) is 17.6 Å². The summed E-state index contributed by atoms with van der Waals surface area (Å²) in [6.45, 7) is 9.39. The van der Waals surface area contributed by atoms with Crippen molar-refractivity contribution in [2.45, 2.75) is 46.0 Å². The smallest absolute Gasteiger partial charge is 0.00156 e. The predicted molar refractivity (Wildman–Crippen MR) is 66.9 cm³/mol. The van der Waals surface area contributed by atoms with Crippen LogP contribution in [0.3, 0.4) is 0 Å². The van der Waals surface area contributed by atoms with Gasteiger partial charge in [0.25, 0.3) is 0 Å². The van der Waals surface area contributed by atoms with E-state index in [0.29, 0.717) is 0 Å². The Balaban J connectivity index is 2.19. The Kier molecular flexibility index (Phi) is 6.26. The summed E-state index contributed by atoms with van der Waals surface area (Å²) in [5.74, 6) is 1.68. The second-order valence-electron chi connectivity index (χ2n) is 5.18. The molecule has 2 heteroatoms. The van der Waals surface area contributed by atoms with Gasteiger partial charge < -0.3 is 10.6 Å². The Labute approximate surface area is 95.2 Å². The fourth-order valence-corrected chi connectivity index (χ4v) is 2.40. The molecule has 1 aliphatic rings. The zero-order valence-corrected chi connectivity index (χ0v) is 10.5. The molecule has 0 radical (unpaired) electrons. The fourth-order valence-electron chi connectivity index (χ4n) is 2.40. The van der Waals surface area contributed by atoms with E-state index in [1.165, 1.54) is 51.7 Å². The summed E-state index contributed by atoms with van der Waals surface area (Å²) in [6.07, 6.45) is 6.73. The Bertz CT molecular complexity index is 155. The number of likely N-dealkylation sites (tertiary alicyclic amines) is 1. The maximum atomic E-state index is 5.73. The molecular formula is C13H28N2. The maximum Gasteiger partial charge on any atom is -0.00156 e. The maximum absolute atomic E-state index is 5.73. The van der Waals surface area contributed by atoms with Crippen LogP contribution in [0.1, 0.15) is 46.0 Å². The Hall–Kier alpha value is -0.0800. The molecule has 1 fully saturated rings. The van der Waals surface area contributed by atoms with Crippen LogP contribution >= 0.6 is 0 Å². The molecule has 0 aliphatic carbocycles. The monoisotopic (exact) mass is 212 g/mol. The van der Waals surface area contributed by atoms with Gasteiger partial charge in [0.05, 0.1) is 0 Å². The minimum atomic E-state index is 0.741. The summed E-state index contributed by atoms with van der Waals surface area (Å²) >= 11 is 0. The first kappa shape index (κ1) is 13.0. The molecule has 1 heterocycles. The summed E-state index contributed by atoms with van der Waals surface area (Å²) in [5.41, 5.74) is 5.73. The van der Waals surface area contributed by atoms with E-state index >= 15 is 0 Å². The molecule has 0 aromatic carbocycles. The lowest BCUT2D eigenvalue weighted by Crippen LogP contribution is -2.28. The Morgan fingerprint density at radius 2 is 2.13 bits per heavy atom. The van der Waals surface area contributed by atoms with Gasteiger partial charge in [-0.3, -0.25) is 0 Å². The fraction of sp³-hybridized carbons (Fsp3) is 1.00. The van der Waals surface area contributed by atoms with Gasteiger partial charge in [-0.15, -0.1) is 0 Å². The third kappa shape index (κ3) is 4.98. The molecule has 2 N–H and O–H groups in total.